The third-order valence-electron chi connectivity index (χ3n) is 12.8. The number of hydrogen-bond acceptors (Lipinski definition) is 10. The van der Waals surface area contributed by atoms with Crippen LogP contribution in [-0.2, 0) is 32.0 Å². The van der Waals surface area contributed by atoms with Gasteiger partial charge in [0.15, 0.2) is 0 Å². The minimum absolute atomic E-state index is 0.0247. The summed E-state index contributed by atoms with van der Waals surface area (Å²) in [6, 6.07) is 15.2. The number of halogens is 1. The summed E-state index contributed by atoms with van der Waals surface area (Å²) in [5.41, 5.74) is 1.01. The molecule has 4 aliphatic heterocycles. The molecule has 2 aromatic carbocycles. The highest BCUT2D eigenvalue weighted by molar-refractivity contribution is 5.99. The third-order valence-corrected chi connectivity index (χ3v) is 12.8. The minimum Gasteiger partial charge on any atom is -0.445 e. The molecule has 0 radical (unpaired) electrons. The van der Waals surface area contributed by atoms with Crippen LogP contribution in [0.5, 0.6) is 0 Å². The number of likely N-dealkylation sites (tertiary alicyclic amines) is 1. The van der Waals surface area contributed by atoms with Gasteiger partial charge in [0.05, 0.1) is 23.2 Å². The molecule has 4 aliphatic rings. The molecule has 16 nitrogen and oxygen atoms in total. The smallest absolute Gasteiger partial charge is 0.272 e. The van der Waals surface area contributed by atoms with E-state index in [0.717, 1.165) is 45.6 Å². The number of nitrogens with zero attached hydrogens (tertiary/aromatic N) is 8. The number of piperazine rings is 3. The molecule has 0 bridgehead atoms. The van der Waals surface area contributed by atoms with Crippen LogP contribution in [0.1, 0.15) is 46.6 Å². The predicted molar refractivity (Wildman–Crippen MR) is 232 cm³/mol. The highest BCUT2D eigenvalue weighted by Crippen LogP contribution is 2.24. The zero-order valence-corrected chi connectivity index (χ0v) is 35.5. The summed E-state index contributed by atoms with van der Waals surface area (Å²) in [4.78, 5) is 89.6. The molecule has 4 saturated heterocycles. The molecule has 0 atom stereocenters. The van der Waals surface area contributed by atoms with Gasteiger partial charge < -0.3 is 24.0 Å². The number of aromatic nitrogens is 2. The number of furan rings is 1. The Morgan fingerprint density at radius 3 is 2.19 bits per heavy atom. The van der Waals surface area contributed by atoms with E-state index in [0.29, 0.717) is 118 Å². The van der Waals surface area contributed by atoms with E-state index in [9.17, 15) is 28.8 Å². The van der Waals surface area contributed by atoms with Gasteiger partial charge in [-0.1, -0.05) is 30.8 Å². The zero-order chi connectivity index (χ0) is 44.0. The average Bonchev–Trinajstić information content (AvgIpc) is 3.79. The lowest BCUT2D eigenvalue weighted by atomic mass is 9.96. The largest absolute Gasteiger partial charge is 0.445 e. The molecule has 0 spiro atoms. The summed E-state index contributed by atoms with van der Waals surface area (Å²) in [7, 11) is 0. The summed E-state index contributed by atoms with van der Waals surface area (Å²) >= 11 is 0. The van der Waals surface area contributed by atoms with E-state index in [-0.39, 0.29) is 41.3 Å². The standard InChI is InChI=1S/C46H54FN9O7/c1-2-40(57)55-25-26-56(43(60)31-55)44-12-9-34(63-44)8-11-41(58)52-19-17-51(18-20-52)29-32-13-15-50(16-14-32)30-42(59)53-21-23-54(24-22-53)46(62)37-27-33(7-10-38(37)47)28-39-35-5-3-4-6-36(35)45(61)49-48-39/h2-7,9-10,12,27,32H,1,8,11,13-26,28-31H2,(H,49,61). The van der Waals surface area contributed by atoms with E-state index >= 15 is 4.39 Å². The molecular formula is C46H54FN9O7. The maximum atomic E-state index is 15.0. The Morgan fingerprint density at radius 2 is 1.46 bits per heavy atom. The zero-order valence-electron chi connectivity index (χ0n) is 35.5. The Bertz CT molecular complexity index is 2410. The van der Waals surface area contributed by atoms with E-state index in [1.807, 2.05) is 17.0 Å². The fourth-order valence-corrected chi connectivity index (χ4v) is 9.10. The second-order valence-electron chi connectivity index (χ2n) is 16.9. The van der Waals surface area contributed by atoms with Crippen molar-refractivity contribution in [2.75, 3.05) is 103 Å². The number of aryl methyl sites for hydroxylation is 1. The van der Waals surface area contributed by atoms with Crippen molar-refractivity contribution in [3.63, 3.8) is 0 Å². The number of H-pyrrole nitrogens is 1. The molecule has 5 amide bonds. The van der Waals surface area contributed by atoms with Crippen LogP contribution in [0, 0.1) is 11.7 Å². The number of carbonyl (C=O) groups is 5. The van der Waals surface area contributed by atoms with Crippen LogP contribution in [0.4, 0.5) is 10.3 Å². The minimum atomic E-state index is -0.608. The number of hydrogen-bond donors (Lipinski definition) is 1. The van der Waals surface area contributed by atoms with Crippen molar-refractivity contribution in [3.8, 4) is 0 Å². The maximum absolute atomic E-state index is 15.0. The molecule has 8 rings (SSSR count). The summed E-state index contributed by atoms with van der Waals surface area (Å²) in [6.45, 7) is 11.5. The van der Waals surface area contributed by atoms with Crippen LogP contribution in [-0.4, -0.2) is 167 Å². The Kier molecular flexibility index (Phi) is 13.4. The topological polar surface area (TPSA) is 167 Å². The van der Waals surface area contributed by atoms with E-state index in [2.05, 4.69) is 26.6 Å². The molecule has 0 aliphatic carbocycles. The van der Waals surface area contributed by atoms with Crippen molar-refractivity contribution in [1.29, 1.82) is 0 Å². The molecule has 2 aromatic heterocycles. The van der Waals surface area contributed by atoms with Crippen LogP contribution in [0.15, 0.2) is 76.5 Å². The van der Waals surface area contributed by atoms with E-state index < -0.39 is 11.7 Å². The van der Waals surface area contributed by atoms with Gasteiger partial charge in [-0.2, -0.15) is 5.10 Å². The quantitative estimate of drug-likeness (QED) is 0.209. The van der Waals surface area contributed by atoms with Crippen molar-refractivity contribution >= 4 is 46.2 Å². The number of anilines is 1. The number of piperidine rings is 1. The lowest BCUT2D eigenvalue weighted by Gasteiger charge is -2.39. The van der Waals surface area contributed by atoms with Crippen molar-refractivity contribution in [2.24, 2.45) is 5.92 Å². The average molecular weight is 864 g/mol. The number of carbonyl (C=O) groups excluding carboxylic acids is 5. The van der Waals surface area contributed by atoms with E-state index in [4.69, 9.17) is 4.42 Å². The molecule has 6 heterocycles. The highest BCUT2D eigenvalue weighted by atomic mass is 19.1. The van der Waals surface area contributed by atoms with Gasteiger partial charge in [0.25, 0.3) is 11.5 Å². The second kappa shape index (κ2) is 19.5. The van der Waals surface area contributed by atoms with Gasteiger partial charge in [-0.15, -0.1) is 0 Å². The van der Waals surface area contributed by atoms with Gasteiger partial charge in [-0.3, -0.25) is 43.5 Å². The Hall–Kier alpha value is -6.20. The summed E-state index contributed by atoms with van der Waals surface area (Å²) < 4.78 is 20.9. The molecule has 17 heteroatoms. The van der Waals surface area contributed by atoms with Crippen molar-refractivity contribution in [2.45, 2.75) is 32.1 Å². The number of aromatic amines is 1. The summed E-state index contributed by atoms with van der Waals surface area (Å²) in [6.07, 6.45) is 4.26. The second-order valence-corrected chi connectivity index (χ2v) is 16.9. The molecule has 0 saturated carbocycles. The lowest BCUT2D eigenvalue weighted by molar-refractivity contribution is -0.135. The number of benzene rings is 2. The van der Waals surface area contributed by atoms with Crippen LogP contribution in [0.2, 0.25) is 0 Å². The Labute approximate surface area is 364 Å². The number of fused-ring (bicyclic) bond motifs is 1. The van der Waals surface area contributed by atoms with Crippen LogP contribution < -0.4 is 10.5 Å². The summed E-state index contributed by atoms with van der Waals surface area (Å²) in [5, 5.41) is 7.96. The van der Waals surface area contributed by atoms with E-state index in [1.165, 1.54) is 21.9 Å². The number of rotatable bonds is 12. The maximum Gasteiger partial charge on any atom is 0.272 e. The SMILES string of the molecule is C=CC(=O)N1CCN(c2ccc(CCC(=O)N3CCN(CC4CCN(CC(=O)N5CCN(C(=O)c6cc(Cc7n[nH]c(=O)c8ccccc78)ccc6F)CC5)CC4)CC3)o2)C(=O)C1. The van der Waals surface area contributed by atoms with Gasteiger partial charge in [0.2, 0.25) is 29.5 Å². The number of amides is 5. The molecular weight excluding hydrogens is 810 g/mol. The van der Waals surface area contributed by atoms with Gasteiger partial charge in [0.1, 0.15) is 18.1 Å². The van der Waals surface area contributed by atoms with Crippen LogP contribution in [0.25, 0.3) is 10.8 Å². The van der Waals surface area contributed by atoms with Crippen LogP contribution in [0.3, 0.4) is 0 Å². The summed E-state index contributed by atoms with van der Waals surface area (Å²) in [5.74, 6) is 0.187. The first-order valence-corrected chi connectivity index (χ1v) is 21.9. The fraction of sp³-hybridized carbons (Fsp3) is 0.457. The first-order chi connectivity index (χ1) is 30.5. The van der Waals surface area contributed by atoms with Gasteiger partial charge >= 0.3 is 0 Å². The molecule has 0 unspecified atom stereocenters. The molecule has 4 fully saturated rings. The van der Waals surface area contributed by atoms with Crippen molar-refractivity contribution in [1.82, 2.24) is 39.6 Å². The first kappa shape index (κ1) is 43.4. The van der Waals surface area contributed by atoms with Crippen molar-refractivity contribution in [3.05, 3.63) is 106 Å². The predicted octanol–water partition coefficient (Wildman–Crippen LogP) is 2.38. The molecule has 332 valence electrons. The number of nitrogens with one attached hydrogen (secondary N) is 1. The first-order valence-electron chi connectivity index (χ1n) is 21.9. The molecule has 63 heavy (non-hydrogen) atoms. The van der Waals surface area contributed by atoms with E-state index in [1.54, 1.807) is 46.2 Å². The Morgan fingerprint density at radius 1 is 0.778 bits per heavy atom. The third kappa shape index (κ3) is 10.2. The molecule has 4 aromatic rings. The van der Waals surface area contributed by atoms with Crippen molar-refractivity contribution < 1.29 is 32.8 Å². The molecule has 1 N–H and O–H groups in total. The van der Waals surface area contributed by atoms with Crippen LogP contribution >= 0.6 is 0 Å². The monoisotopic (exact) mass is 863 g/mol. The normalized spacial score (nSPS) is 18.3. The lowest BCUT2D eigenvalue weighted by Crippen LogP contribution is -2.53. The Balaban J connectivity index is 0.718. The van der Waals surface area contributed by atoms with Gasteiger partial charge in [-0.25, -0.2) is 9.49 Å². The fourth-order valence-electron chi connectivity index (χ4n) is 9.10. The highest BCUT2D eigenvalue weighted by Gasteiger charge is 2.31. The van der Waals surface area contributed by atoms with Gasteiger partial charge in [0, 0.05) is 103 Å². The van der Waals surface area contributed by atoms with Gasteiger partial charge in [-0.05, 0) is 67.8 Å².